The number of halogens is 2. The van der Waals surface area contributed by atoms with Crippen molar-refractivity contribution in [1.29, 1.82) is 0 Å². The van der Waals surface area contributed by atoms with Gasteiger partial charge in [0.1, 0.15) is 5.82 Å². The van der Waals surface area contributed by atoms with Crippen molar-refractivity contribution in [1.82, 2.24) is 0 Å². The smallest absolute Gasteiger partial charge is 0.129 e. The van der Waals surface area contributed by atoms with Crippen molar-refractivity contribution in [3.63, 3.8) is 0 Å². The lowest BCUT2D eigenvalue weighted by Crippen LogP contribution is -1.99. The van der Waals surface area contributed by atoms with Gasteiger partial charge in [-0.1, -0.05) is 6.07 Å². The molecule has 3 rings (SSSR count). The lowest BCUT2D eigenvalue weighted by atomic mass is 9.90. The van der Waals surface area contributed by atoms with E-state index in [9.17, 15) is 9.50 Å². The third-order valence-corrected chi connectivity index (χ3v) is 4.69. The van der Waals surface area contributed by atoms with Crippen LogP contribution >= 0.6 is 22.6 Å². The molecule has 3 heteroatoms. The number of aliphatic hydroxyl groups is 1. The summed E-state index contributed by atoms with van der Waals surface area (Å²) in [5.41, 5.74) is 6.12. The van der Waals surface area contributed by atoms with Crippen molar-refractivity contribution >= 4 is 22.6 Å². The first kappa shape index (κ1) is 14.0. The average molecular weight is 382 g/mol. The molecule has 20 heavy (non-hydrogen) atoms. The van der Waals surface area contributed by atoms with Gasteiger partial charge in [-0.05, 0) is 95.3 Å². The maximum absolute atomic E-state index is 13.9. The third kappa shape index (κ3) is 2.17. The monoisotopic (exact) mass is 382 g/mol. The van der Waals surface area contributed by atoms with Gasteiger partial charge in [0, 0.05) is 9.13 Å². The van der Waals surface area contributed by atoms with Crippen LogP contribution < -0.4 is 0 Å². The van der Waals surface area contributed by atoms with Crippen molar-refractivity contribution in [2.24, 2.45) is 0 Å². The molecule has 1 aliphatic carbocycles. The number of benzene rings is 2. The van der Waals surface area contributed by atoms with Gasteiger partial charge >= 0.3 is 0 Å². The maximum Gasteiger partial charge on any atom is 0.129 e. The van der Waals surface area contributed by atoms with E-state index in [2.05, 4.69) is 48.6 Å². The van der Waals surface area contributed by atoms with E-state index >= 15 is 0 Å². The normalized spacial score (nSPS) is 17.4. The molecular formula is C17H16FIO. The van der Waals surface area contributed by atoms with Crippen molar-refractivity contribution in [2.75, 3.05) is 0 Å². The van der Waals surface area contributed by atoms with Gasteiger partial charge in [0.2, 0.25) is 0 Å². The molecule has 0 radical (unpaired) electrons. The zero-order valence-electron chi connectivity index (χ0n) is 11.5. The van der Waals surface area contributed by atoms with Crippen molar-refractivity contribution in [3.05, 3.63) is 55.9 Å². The maximum atomic E-state index is 13.9. The Morgan fingerprint density at radius 1 is 1.20 bits per heavy atom. The van der Waals surface area contributed by atoms with Crippen LogP contribution in [0.1, 0.15) is 34.8 Å². The van der Waals surface area contributed by atoms with Crippen LogP contribution in [0, 0.1) is 23.2 Å². The molecule has 0 saturated heterocycles. The largest absolute Gasteiger partial charge is 0.388 e. The number of aliphatic hydroxyl groups excluding tert-OH is 1. The average Bonchev–Trinajstić information content (AvgIpc) is 2.74. The zero-order valence-corrected chi connectivity index (χ0v) is 13.7. The van der Waals surface area contributed by atoms with E-state index in [1.165, 1.54) is 26.3 Å². The van der Waals surface area contributed by atoms with Crippen molar-refractivity contribution in [3.8, 4) is 11.1 Å². The minimum Gasteiger partial charge on any atom is -0.388 e. The molecule has 2 aromatic rings. The Labute approximate surface area is 132 Å². The molecule has 0 aromatic heterocycles. The molecule has 0 heterocycles. The van der Waals surface area contributed by atoms with Crippen LogP contribution in [0.2, 0.25) is 0 Å². The fraction of sp³-hybridized carbons (Fsp3) is 0.294. The van der Waals surface area contributed by atoms with E-state index in [1.54, 1.807) is 0 Å². The minimum atomic E-state index is -0.658. The first-order chi connectivity index (χ1) is 9.49. The number of fused-ring (bicyclic) bond motifs is 1. The van der Waals surface area contributed by atoms with Gasteiger partial charge in [-0.2, -0.15) is 0 Å². The van der Waals surface area contributed by atoms with Crippen LogP contribution in [0.4, 0.5) is 4.39 Å². The van der Waals surface area contributed by atoms with E-state index < -0.39 is 6.10 Å². The number of aryl methyl sites for hydroxylation is 2. The predicted molar refractivity (Wildman–Crippen MR) is 87.3 cm³/mol. The van der Waals surface area contributed by atoms with Crippen LogP contribution in [0.25, 0.3) is 11.1 Å². The van der Waals surface area contributed by atoms with Gasteiger partial charge in [0.15, 0.2) is 0 Å². The fourth-order valence-corrected chi connectivity index (χ4v) is 4.20. The Morgan fingerprint density at radius 2 is 1.85 bits per heavy atom. The van der Waals surface area contributed by atoms with Crippen LogP contribution in [0.5, 0.6) is 0 Å². The molecule has 0 spiro atoms. The molecule has 1 unspecified atom stereocenters. The summed E-state index contributed by atoms with van der Waals surface area (Å²) in [7, 11) is 0. The third-order valence-electron chi connectivity index (χ3n) is 4.07. The van der Waals surface area contributed by atoms with E-state index in [0.717, 1.165) is 17.5 Å². The number of hydrogen-bond acceptors (Lipinski definition) is 1. The second-order valence-corrected chi connectivity index (χ2v) is 6.70. The molecule has 104 valence electrons. The molecule has 1 atom stereocenters. The van der Waals surface area contributed by atoms with E-state index in [4.69, 9.17) is 0 Å². The molecule has 1 aliphatic rings. The molecule has 0 saturated carbocycles. The Kier molecular flexibility index (Phi) is 3.58. The number of rotatable bonds is 1. The van der Waals surface area contributed by atoms with Crippen LogP contribution in [-0.4, -0.2) is 5.11 Å². The SMILES string of the molecule is Cc1cc(I)cc(C)c1-c1ccc(F)c2c1CCC2O. The highest BCUT2D eigenvalue weighted by atomic mass is 127. The van der Waals surface area contributed by atoms with Crippen molar-refractivity contribution in [2.45, 2.75) is 32.8 Å². The Morgan fingerprint density at radius 3 is 2.50 bits per heavy atom. The summed E-state index contributed by atoms with van der Waals surface area (Å²) < 4.78 is 15.1. The first-order valence-electron chi connectivity index (χ1n) is 6.75. The second-order valence-electron chi connectivity index (χ2n) is 5.46. The summed E-state index contributed by atoms with van der Waals surface area (Å²) in [5, 5.41) is 9.98. The van der Waals surface area contributed by atoms with Gasteiger partial charge in [0.05, 0.1) is 6.10 Å². The highest BCUT2D eigenvalue weighted by molar-refractivity contribution is 14.1. The lowest BCUT2D eigenvalue weighted by Gasteiger charge is -2.16. The van der Waals surface area contributed by atoms with Gasteiger partial charge in [-0.3, -0.25) is 0 Å². The fourth-order valence-electron chi connectivity index (χ4n) is 3.26. The molecule has 0 bridgehead atoms. The first-order valence-corrected chi connectivity index (χ1v) is 7.83. The number of hydrogen-bond donors (Lipinski definition) is 1. The topological polar surface area (TPSA) is 20.2 Å². The molecular weight excluding hydrogens is 366 g/mol. The quantitative estimate of drug-likeness (QED) is 0.710. The van der Waals surface area contributed by atoms with E-state index in [0.29, 0.717) is 12.0 Å². The van der Waals surface area contributed by atoms with Crippen LogP contribution in [-0.2, 0) is 6.42 Å². The van der Waals surface area contributed by atoms with Gasteiger partial charge in [0.25, 0.3) is 0 Å². The van der Waals surface area contributed by atoms with Crippen LogP contribution in [0.15, 0.2) is 24.3 Å². The standard InChI is InChI=1S/C17H16FIO/c1-9-7-11(19)8-10(2)16(9)12-3-5-14(18)17-13(12)4-6-15(17)20/h3,5,7-8,15,20H,4,6H2,1-2H3. The summed E-state index contributed by atoms with van der Waals surface area (Å²) in [6.07, 6.45) is 0.703. The molecule has 0 fully saturated rings. The second kappa shape index (κ2) is 5.11. The van der Waals surface area contributed by atoms with Crippen LogP contribution in [0.3, 0.4) is 0 Å². The van der Waals surface area contributed by atoms with Gasteiger partial charge in [-0.15, -0.1) is 0 Å². The highest BCUT2D eigenvalue weighted by Crippen LogP contribution is 2.41. The highest BCUT2D eigenvalue weighted by Gasteiger charge is 2.27. The molecule has 0 amide bonds. The molecule has 1 nitrogen and oxygen atoms in total. The molecule has 1 N–H and O–H groups in total. The minimum absolute atomic E-state index is 0.283. The van der Waals surface area contributed by atoms with E-state index in [-0.39, 0.29) is 5.82 Å². The van der Waals surface area contributed by atoms with Crippen molar-refractivity contribution < 1.29 is 9.50 Å². The summed E-state index contributed by atoms with van der Waals surface area (Å²) in [6, 6.07) is 7.63. The predicted octanol–water partition coefficient (Wildman–Crippen LogP) is 4.69. The lowest BCUT2D eigenvalue weighted by molar-refractivity contribution is 0.176. The van der Waals surface area contributed by atoms with Gasteiger partial charge < -0.3 is 5.11 Å². The van der Waals surface area contributed by atoms with E-state index in [1.807, 2.05) is 6.07 Å². The summed E-state index contributed by atoms with van der Waals surface area (Å²) >= 11 is 2.31. The van der Waals surface area contributed by atoms with Gasteiger partial charge in [-0.25, -0.2) is 4.39 Å². The summed E-state index contributed by atoms with van der Waals surface area (Å²) in [4.78, 5) is 0. The summed E-state index contributed by atoms with van der Waals surface area (Å²) in [5.74, 6) is -0.283. The zero-order chi connectivity index (χ0) is 14.4. The Balaban J connectivity index is 2.28. The molecule has 0 aliphatic heterocycles. The summed E-state index contributed by atoms with van der Waals surface area (Å²) in [6.45, 7) is 4.18. The molecule has 2 aromatic carbocycles. The Bertz CT molecular complexity index is 671. The Hall–Kier alpha value is -0.940.